The molecular weight excluding hydrogens is 298 g/mol. The van der Waals surface area contributed by atoms with Crippen LogP contribution in [0, 0.1) is 0 Å². The molecule has 4 nitrogen and oxygen atoms in total. The van der Waals surface area contributed by atoms with Crippen molar-refractivity contribution in [2.45, 2.75) is 31.8 Å². The normalized spacial score (nSPS) is 16.1. The van der Waals surface area contributed by atoms with Gasteiger partial charge >= 0.3 is 5.97 Å². The monoisotopic (exact) mass is 311 g/mol. The van der Waals surface area contributed by atoms with E-state index in [0.29, 0.717) is 5.56 Å². The van der Waals surface area contributed by atoms with E-state index in [4.69, 9.17) is 0 Å². The summed E-state index contributed by atoms with van der Waals surface area (Å²) in [6.07, 6.45) is 1.78. The highest BCUT2D eigenvalue weighted by molar-refractivity contribution is 9.10. The quantitative estimate of drug-likeness (QED) is 0.929. The summed E-state index contributed by atoms with van der Waals surface area (Å²) in [4.78, 5) is 24.6. The van der Waals surface area contributed by atoms with E-state index >= 15 is 0 Å². The van der Waals surface area contributed by atoms with E-state index in [1.54, 1.807) is 24.3 Å². The number of hydrogen-bond donors (Lipinski definition) is 1. The summed E-state index contributed by atoms with van der Waals surface area (Å²) in [5, 5.41) is 9.39. The molecule has 1 aromatic carbocycles. The van der Waals surface area contributed by atoms with Gasteiger partial charge in [0.05, 0.1) is 0 Å². The Morgan fingerprint density at radius 2 is 1.89 bits per heavy atom. The third kappa shape index (κ3) is 2.72. The minimum atomic E-state index is -0.987. The number of nitrogens with zero attached hydrogens (tertiary/aromatic N) is 1. The first-order valence-electron chi connectivity index (χ1n) is 5.78. The molecule has 1 amide bonds. The average molecular weight is 312 g/mol. The Morgan fingerprint density at radius 1 is 1.33 bits per heavy atom. The second-order valence-electron chi connectivity index (χ2n) is 4.45. The zero-order valence-electron chi connectivity index (χ0n) is 9.97. The van der Waals surface area contributed by atoms with Crippen molar-refractivity contribution in [2.24, 2.45) is 0 Å². The first-order chi connectivity index (χ1) is 8.50. The molecule has 1 N–H and O–H groups in total. The maximum Gasteiger partial charge on any atom is 0.331 e. The summed E-state index contributed by atoms with van der Waals surface area (Å²) in [5.74, 6) is -1.17. The third-order valence-corrected chi connectivity index (χ3v) is 3.53. The lowest BCUT2D eigenvalue weighted by molar-refractivity contribution is -0.150. The highest BCUT2D eigenvalue weighted by atomic mass is 79.9. The molecule has 1 aliphatic rings. The van der Waals surface area contributed by atoms with Crippen molar-refractivity contribution in [3.63, 3.8) is 0 Å². The van der Waals surface area contributed by atoms with Crippen molar-refractivity contribution in [3.8, 4) is 0 Å². The average Bonchev–Trinajstić information content (AvgIpc) is 3.10. The molecule has 0 radical (unpaired) electrons. The van der Waals surface area contributed by atoms with Crippen LogP contribution in [0.4, 0.5) is 0 Å². The van der Waals surface area contributed by atoms with Crippen molar-refractivity contribution in [2.75, 3.05) is 0 Å². The highest BCUT2D eigenvalue weighted by Gasteiger charge is 2.39. The Labute approximate surface area is 114 Å². The van der Waals surface area contributed by atoms with E-state index in [0.717, 1.165) is 17.3 Å². The zero-order valence-corrected chi connectivity index (χ0v) is 11.6. The summed E-state index contributed by atoms with van der Waals surface area (Å²) in [6, 6.07) is 6.24. The molecule has 1 unspecified atom stereocenters. The first-order valence-corrected chi connectivity index (χ1v) is 6.57. The molecule has 1 atom stereocenters. The van der Waals surface area contributed by atoms with E-state index in [1.807, 2.05) is 0 Å². The molecule has 0 spiro atoms. The Bertz CT molecular complexity index is 468. The smallest absolute Gasteiger partial charge is 0.331 e. The van der Waals surface area contributed by atoms with Crippen LogP contribution in [0.25, 0.3) is 0 Å². The Hall–Kier alpha value is -1.36. The molecule has 18 heavy (non-hydrogen) atoms. The number of carbonyl (C=O) groups excluding carboxylic acids is 1. The minimum Gasteiger partial charge on any atom is -0.479 e. The molecule has 0 bridgehead atoms. The van der Waals surface area contributed by atoms with Gasteiger partial charge in [-0.2, -0.15) is 0 Å². The fourth-order valence-electron chi connectivity index (χ4n) is 2.07. The Morgan fingerprint density at radius 3 is 2.28 bits per heavy atom. The standard InChI is InChI=1S/C13H14BrNO3/c1-8(16)15(11-6-7-11)12(13(17)18)9-2-4-10(14)5-3-9/h2-5,11-12H,6-7H2,1H3,(H,17,18). The van der Waals surface area contributed by atoms with Crippen molar-refractivity contribution in [1.29, 1.82) is 0 Å². The van der Waals surface area contributed by atoms with Crippen LogP contribution in [-0.2, 0) is 9.59 Å². The second-order valence-corrected chi connectivity index (χ2v) is 5.37. The van der Waals surface area contributed by atoms with E-state index in [9.17, 15) is 14.7 Å². The van der Waals surface area contributed by atoms with Gasteiger partial charge < -0.3 is 10.0 Å². The lowest BCUT2D eigenvalue weighted by atomic mass is 10.1. The molecule has 0 saturated heterocycles. The molecule has 0 aliphatic heterocycles. The number of benzene rings is 1. The van der Waals surface area contributed by atoms with Crippen LogP contribution in [0.15, 0.2) is 28.7 Å². The predicted octanol–water partition coefficient (Wildman–Crippen LogP) is 2.59. The van der Waals surface area contributed by atoms with E-state index in [2.05, 4.69) is 15.9 Å². The summed E-state index contributed by atoms with van der Waals surface area (Å²) >= 11 is 3.31. The van der Waals surface area contributed by atoms with Gasteiger partial charge in [0.25, 0.3) is 0 Å². The first kappa shape index (κ1) is 13.1. The molecule has 1 aliphatic carbocycles. The summed E-state index contributed by atoms with van der Waals surface area (Å²) in [6.45, 7) is 1.42. The van der Waals surface area contributed by atoms with Gasteiger partial charge in [0.15, 0.2) is 6.04 Å². The third-order valence-electron chi connectivity index (χ3n) is 3.00. The molecule has 96 valence electrons. The largest absolute Gasteiger partial charge is 0.479 e. The van der Waals surface area contributed by atoms with E-state index < -0.39 is 12.0 Å². The Kier molecular flexibility index (Phi) is 3.71. The van der Waals surface area contributed by atoms with E-state index in [1.165, 1.54) is 11.8 Å². The molecule has 1 saturated carbocycles. The van der Waals surface area contributed by atoms with Gasteiger partial charge in [-0.05, 0) is 30.5 Å². The predicted molar refractivity (Wildman–Crippen MR) is 70.1 cm³/mol. The fourth-order valence-corrected chi connectivity index (χ4v) is 2.33. The molecule has 0 heterocycles. The number of rotatable bonds is 4. The topological polar surface area (TPSA) is 57.6 Å². The fraction of sp³-hybridized carbons (Fsp3) is 0.385. The van der Waals surface area contributed by atoms with Gasteiger partial charge in [-0.1, -0.05) is 28.1 Å². The lowest BCUT2D eigenvalue weighted by Gasteiger charge is -2.28. The van der Waals surface area contributed by atoms with Gasteiger partial charge in [0, 0.05) is 17.4 Å². The minimum absolute atomic E-state index is 0.0762. The number of carbonyl (C=O) groups is 2. The molecule has 1 fully saturated rings. The second kappa shape index (κ2) is 5.10. The van der Waals surface area contributed by atoms with Crippen LogP contribution in [-0.4, -0.2) is 27.9 Å². The molecule has 2 rings (SSSR count). The number of aliphatic carboxylic acids is 1. The maximum absolute atomic E-state index is 11.7. The molecule has 1 aromatic rings. The zero-order chi connectivity index (χ0) is 13.3. The number of amides is 1. The highest BCUT2D eigenvalue weighted by Crippen LogP contribution is 2.35. The molecular formula is C13H14BrNO3. The van der Waals surface area contributed by atoms with Gasteiger partial charge in [-0.25, -0.2) is 4.79 Å². The van der Waals surface area contributed by atoms with Gasteiger partial charge in [-0.3, -0.25) is 4.79 Å². The summed E-state index contributed by atoms with van der Waals surface area (Å²) in [5.41, 5.74) is 0.632. The van der Waals surface area contributed by atoms with Crippen molar-refractivity contribution in [3.05, 3.63) is 34.3 Å². The Balaban J connectivity index is 2.35. The van der Waals surface area contributed by atoms with Crippen LogP contribution < -0.4 is 0 Å². The van der Waals surface area contributed by atoms with Gasteiger partial charge in [0.1, 0.15) is 0 Å². The maximum atomic E-state index is 11.7. The number of halogens is 1. The van der Waals surface area contributed by atoms with Crippen LogP contribution in [0.5, 0.6) is 0 Å². The van der Waals surface area contributed by atoms with Crippen LogP contribution in [0.2, 0.25) is 0 Å². The van der Waals surface area contributed by atoms with Gasteiger partial charge in [0.2, 0.25) is 5.91 Å². The van der Waals surface area contributed by atoms with Crippen LogP contribution >= 0.6 is 15.9 Å². The number of hydrogen-bond acceptors (Lipinski definition) is 2. The number of carboxylic acid groups (broad SMARTS) is 1. The lowest BCUT2D eigenvalue weighted by Crippen LogP contribution is -2.39. The van der Waals surface area contributed by atoms with E-state index in [-0.39, 0.29) is 11.9 Å². The van der Waals surface area contributed by atoms with Crippen molar-refractivity contribution >= 4 is 27.8 Å². The SMILES string of the molecule is CC(=O)N(C1CC1)C(C(=O)O)c1ccc(Br)cc1. The van der Waals surface area contributed by atoms with Crippen molar-refractivity contribution in [1.82, 2.24) is 4.90 Å². The van der Waals surface area contributed by atoms with Crippen LogP contribution in [0.1, 0.15) is 31.4 Å². The summed E-state index contributed by atoms with van der Waals surface area (Å²) < 4.78 is 0.885. The van der Waals surface area contributed by atoms with Gasteiger partial charge in [-0.15, -0.1) is 0 Å². The van der Waals surface area contributed by atoms with Crippen LogP contribution in [0.3, 0.4) is 0 Å². The number of carboxylic acids is 1. The molecule has 5 heteroatoms. The molecule has 0 aromatic heterocycles. The summed E-state index contributed by atoms with van der Waals surface area (Å²) in [7, 11) is 0. The van der Waals surface area contributed by atoms with Crippen molar-refractivity contribution < 1.29 is 14.7 Å².